The Morgan fingerprint density at radius 1 is 1.40 bits per heavy atom. The second-order valence-electron chi connectivity index (χ2n) is 6.17. The Morgan fingerprint density at radius 3 is 3.12 bits per heavy atom. The number of benzene rings is 1. The molecule has 0 bridgehead atoms. The van der Waals surface area contributed by atoms with Gasteiger partial charge >= 0.3 is 0 Å². The van der Waals surface area contributed by atoms with Crippen LogP contribution in [0.3, 0.4) is 0 Å². The summed E-state index contributed by atoms with van der Waals surface area (Å²) in [5.41, 5.74) is 0.409. The van der Waals surface area contributed by atoms with Crippen molar-refractivity contribution in [2.45, 2.75) is 19.4 Å². The number of carbonyl (C=O) groups excluding carboxylic acids is 1. The van der Waals surface area contributed by atoms with Crippen molar-refractivity contribution in [2.75, 3.05) is 18.0 Å². The van der Waals surface area contributed by atoms with Crippen LogP contribution in [0.2, 0.25) is 0 Å². The van der Waals surface area contributed by atoms with Crippen molar-refractivity contribution in [1.29, 1.82) is 0 Å². The zero-order chi connectivity index (χ0) is 17.2. The van der Waals surface area contributed by atoms with Gasteiger partial charge in [0.15, 0.2) is 5.13 Å². The van der Waals surface area contributed by atoms with E-state index in [1.165, 1.54) is 17.4 Å². The molecule has 7 heteroatoms. The highest BCUT2D eigenvalue weighted by molar-refractivity contribution is 7.22. The number of thiazole rings is 1. The van der Waals surface area contributed by atoms with E-state index >= 15 is 0 Å². The lowest BCUT2D eigenvalue weighted by molar-refractivity contribution is -0.125. The van der Waals surface area contributed by atoms with E-state index in [9.17, 15) is 9.18 Å². The molecule has 1 amide bonds. The Hall–Kier alpha value is -2.41. The maximum atomic E-state index is 13.9. The van der Waals surface area contributed by atoms with Crippen LogP contribution in [0.25, 0.3) is 10.2 Å². The van der Waals surface area contributed by atoms with E-state index in [2.05, 4.69) is 15.2 Å². The van der Waals surface area contributed by atoms with Crippen molar-refractivity contribution < 1.29 is 13.6 Å². The molecule has 1 fully saturated rings. The van der Waals surface area contributed by atoms with Crippen LogP contribution < -0.4 is 10.2 Å². The number of anilines is 1. The Kier molecular flexibility index (Phi) is 4.40. The van der Waals surface area contributed by atoms with Crippen molar-refractivity contribution in [1.82, 2.24) is 10.3 Å². The van der Waals surface area contributed by atoms with Crippen LogP contribution >= 0.6 is 11.3 Å². The number of piperidine rings is 1. The number of hydrogen-bond acceptors (Lipinski definition) is 5. The summed E-state index contributed by atoms with van der Waals surface area (Å²) >= 11 is 1.47. The molecule has 5 nitrogen and oxygen atoms in total. The fourth-order valence-corrected chi connectivity index (χ4v) is 4.15. The maximum Gasteiger partial charge on any atom is 0.225 e. The van der Waals surface area contributed by atoms with Crippen molar-refractivity contribution in [3.05, 3.63) is 48.2 Å². The van der Waals surface area contributed by atoms with E-state index in [4.69, 9.17) is 4.42 Å². The zero-order valence-corrected chi connectivity index (χ0v) is 14.4. The van der Waals surface area contributed by atoms with Crippen molar-refractivity contribution >= 4 is 32.6 Å². The fourth-order valence-electron chi connectivity index (χ4n) is 3.14. The summed E-state index contributed by atoms with van der Waals surface area (Å²) in [6, 6.07) is 8.63. The Balaban J connectivity index is 1.44. The van der Waals surface area contributed by atoms with Gasteiger partial charge in [0.1, 0.15) is 17.1 Å². The second-order valence-corrected chi connectivity index (χ2v) is 7.17. The minimum atomic E-state index is -0.301. The molecule has 0 radical (unpaired) electrons. The average Bonchev–Trinajstić information content (AvgIpc) is 3.30. The number of hydrogen-bond donors (Lipinski definition) is 1. The van der Waals surface area contributed by atoms with Crippen molar-refractivity contribution in [2.24, 2.45) is 5.92 Å². The molecule has 0 aliphatic carbocycles. The number of amides is 1. The number of nitrogens with one attached hydrogen (secondary N) is 1. The molecule has 2 aromatic heterocycles. The monoisotopic (exact) mass is 359 g/mol. The molecule has 0 saturated carbocycles. The molecule has 1 aliphatic rings. The number of fused-ring (bicyclic) bond motifs is 1. The Bertz CT molecular complexity index is 878. The summed E-state index contributed by atoms with van der Waals surface area (Å²) in [5, 5.41) is 3.71. The van der Waals surface area contributed by atoms with E-state index in [0.717, 1.165) is 35.0 Å². The third kappa shape index (κ3) is 3.37. The average molecular weight is 359 g/mol. The third-order valence-electron chi connectivity index (χ3n) is 4.44. The molecule has 1 unspecified atom stereocenters. The van der Waals surface area contributed by atoms with Gasteiger partial charge in [0.05, 0.1) is 23.4 Å². The number of aromatic nitrogens is 1. The molecule has 1 saturated heterocycles. The lowest BCUT2D eigenvalue weighted by Crippen LogP contribution is -2.42. The molecular weight excluding hydrogens is 341 g/mol. The predicted octanol–water partition coefficient (Wildman–Crippen LogP) is 3.56. The van der Waals surface area contributed by atoms with E-state index in [-0.39, 0.29) is 17.6 Å². The molecule has 4 rings (SSSR count). The number of nitrogens with zero attached hydrogens (tertiary/aromatic N) is 2. The number of rotatable bonds is 4. The summed E-state index contributed by atoms with van der Waals surface area (Å²) in [5.74, 6) is 0.362. The van der Waals surface area contributed by atoms with Gasteiger partial charge in [-0.05, 0) is 37.1 Å². The minimum absolute atomic E-state index is 0.0217. The first-order valence-electron chi connectivity index (χ1n) is 8.31. The summed E-state index contributed by atoms with van der Waals surface area (Å²) in [6.45, 7) is 1.84. The van der Waals surface area contributed by atoms with Gasteiger partial charge in [0.25, 0.3) is 0 Å². The lowest BCUT2D eigenvalue weighted by Gasteiger charge is -2.31. The van der Waals surface area contributed by atoms with Crippen LogP contribution in [0.1, 0.15) is 18.6 Å². The largest absolute Gasteiger partial charge is 0.467 e. The molecule has 0 spiro atoms. The highest BCUT2D eigenvalue weighted by Gasteiger charge is 2.27. The first-order valence-corrected chi connectivity index (χ1v) is 9.12. The van der Waals surface area contributed by atoms with Crippen LogP contribution in [-0.2, 0) is 11.3 Å². The van der Waals surface area contributed by atoms with Gasteiger partial charge in [-0.1, -0.05) is 17.4 Å². The van der Waals surface area contributed by atoms with Crippen molar-refractivity contribution in [3.63, 3.8) is 0 Å². The number of halogens is 1. The molecule has 1 aromatic carbocycles. The minimum Gasteiger partial charge on any atom is -0.467 e. The third-order valence-corrected chi connectivity index (χ3v) is 5.52. The Morgan fingerprint density at radius 2 is 2.32 bits per heavy atom. The highest BCUT2D eigenvalue weighted by Crippen LogP contribution is 2.32. The van der Waals surface area contributed by atoms with Gasteiger partial charge in [-0.25, -0.2) is 9.37 Å². The number of carbonyl (C=O) groups is 1. The molecule has 3 aromatic rings. The quantitative estimate of drug-likeness (QED) is 0.774. The molecule has 25 heavy (non-hydrogen) atoms. The van der Waals surface area contributed by atoms with Crippen LogP contribution in [0.4, 0.5) is 9.52 Å². The second kappa shape index (κ2) is 6.84. The van der Waals surface area contributed by atoms with E-state index in [0.29, 0.717) is 18.6 Å². The molecule has 130 valence electrons. The Labute approximate surface area is 148 Å². The van der Waals surface area contributed by atoms with Crippen LogP contribution in [0, 0.1) is 11.7 Å². The number of para-hydroxylation sites is 1. The fraction of sp³-hybridized carbons (Fsp3) is 0.333. The summed E-state index contributed by atoms with van der Waals surface area (Å²) in [4.78, 5) is 19.0. The summed E-state index contributed by atoms with van der Waals surface area (Å²) in [7, 11) is 0. The molecule has 1 N–H and O–H groups in total. The topological polar surface area (TPSA) is 58.4 Å². The van der Waals surface area contributed by atoms with Crippen LogP contribution in [-0.4, -0.2) is 24.0 Å². The SMILES string of the molecule is O=C(NCc1ccco1)C1CCCN(c2nc3c(F)cccc3s2)C1. The maximum absolute atomic E-state index is 13.9. The zero-order valence-electron chi connectivity index (χ0n) is 13.6. The van der Waals surface area contributed by atoms with Crippen LogP contribution in [0.5, 0.6) is 0 Å². The molecular formula is C18H18FN3O2S. The van der Waals surface area contributed by atoms with Gasteiger partial charge in [-0.15, -0.1) is 0 Å². The van der Waals surface area contributed by atoms with Gasteiger partial charge in [0.2, 0.25) is 5.91 Å². The van der Waals surface area contributed by atoms with Gasteiger partial charge in [0, 0.05) is 13.1 Å². The first kappa shape index (κ1) is 16.1. The van der Waals surface area contributed by atoms with Crippen molar-refractivity contribution in [3.8, 4) is 0 Å². The normalized spacial score (nSPS) is 17.8. The van der Waals surface area contributed by atoms with E-state index < -0.39 is 0 Å². The van der Waals surface area contributed by atoms with Gasteiger partial charge in [-0.3, -0.25) is 4.79 Å². The summed E-state index contributed by atoms with van der Waals surface area (Å²) in [6.07, 6.45) is 3.35. The summed E-state index contributed by atoms with van der Waals surface area (Å²) < 4.78 is 19.9. The standard InChI is InChI=1S/C18H18FN3O2S/c19-14-6-1-7-15-16(14)21-18(25-15)22-8-2-4-12(11-22)17(23)20-10-13-5-3-9-24-13/h1,3,5-7,9,12H,2,4,8,10-11H2,(H,20,23). The predicted molar refractivity (Wildman–Crippen MR) is 95.1 cm³/mol. The molecule has 3 heterocycles. The lowest BCUT2D eigenvalue weighted by atomic mass is 9.97. The number of furan rings is 1. The first-order chi connectivity index (χ1) is 12.2. The van der Waals surface area contributed by atoms with Crippen LogP contribution in [0.15, 0.2) is 41.0 Å². The highest BCUT2D eigenvalue weighted by atomic mass is 32.1. The van der Waals surface area contributed by atoms with Gasteiger partial charge in [-0.2, -0.15) is 0 Å². The smallest absolute Gasteiger partial charge is 0.225 e. The molecule has 1 atom stereocenters. The van der Waals surface area contributed by atoms with E-state index in [1.807, 2.05) is 12.1 Å². The van der Waals surface area contributed by atoms with E-state index in [1.54, 1.807) is 18.4 Å². The van der Waals surface area contributed by atoms with Gasteiger partial charge < -0.3 is 14.6 Å². The molecule has 1 aliphatic heterocycles.